The third kappa shape index (κ3) is 3.72. The Morgan fingerprint density at radius 1 is 1.03 bits per heavy atom. The Morgan fingerprint density at radius 2 is 1.83 bits per heavy atom. The van der Waals surface area contributed by atoms with Gasteiger partial charge in [0, 0.05) is 22.8 Å². The van der Waals surface area contributed by atoms with Gasteiger partial charge >= 0.3 is 0 Å². The molecule has 30 heavy (non-hydrogen) atoms. The Labute approximate surface area is 172 Å². The molecule has 4 aromatic rings. The van der Waals surface area contributed by atoms with Crippen molar-refractivity contribution in [2.24, 2.45) is 0 Å². The summed E-state index contributed by atoms with van der Waals surface area (Å²) >= 11 is 0. The van der Waals surface area contributed by atoms with Crippen molar-refractivity contribution in [3.63, 3.8) is 0 Å². The van der Waals surface area contributed by atoms with Gasteiger partial charge < -0.3 is 5.32 Å². The predicted molar refractivity (Wildman–Crippen MR) is 115 cm³/mol. The van der Waals surface area contributed by atoms with Crippen molar-refractivity contribution in [3.05, 3.63) is 105 Å². The Kier molecular flexibility index (Phi) is 5.14. The van der Waals surface area contributed by atoms with E-state index < -0.39 is 17.3 Å². The monoisotopic (exact) mass is 401 g/mol. The number of carbonyl (C=O) groups excluding carboxylic acids is 1. The zero-order valence-electron chi connectivity index (χ0n) is 16.6. The number of rotatable bonds is 4. The third-order valence-corrected chi connectivity index (χ3v) is 5.14. The molecule has 0 bridgehead atoms. The van der Waals surface area contributed by atoms with Crippen LogP contribution in [0.5, 0.6) is 0 Å². The largest absolute Gasteiger partial charge is 0.322 e. The van der Waals surface area contributed by atoms with Gasteiger partial charge in [0.05, 0.1) is 6.54 Å². The molecule has 0 saturated carbocycles. The number of nitrogens with zero attached hydrogens (tertiary/aromatic N) is 2. The predicted octanol–water partition coefficient (Wildman–Crippen LogP) is 4.45. The minimum Gasteiger partial charge on any atom is -0.322 e. The number of pyridine rings is 2. The van der Waals surface area contributed by atoms with E-state index in [0.29, 0.717) is 22.3 Å². The molecule has 0 aliphatic heterocycles. The molecule has 150 valence electrons. The van der Waals surface area contributed by atoms with E-state index in [9.17, 15) is 14.0 Å². The van der Waals surface area contributed by atoms with E-state index >= 15 is 0 Å². The van der Waals surface area contributed by atoms with Gasteiger partial charge in [-0.1, -0.05) is 24.3 Å². The average molecular weight is 401 g/mol. The van der Waals surface area contributed by atoms with Gasteiger partial charge in [-0.25, -0.2) is 9.37 Å². The molecule has 4 rings (SSSR count). The Balaban J connectivity index is 1.79. The van der Waals surface area contributed by atoms with E-state index in [1.165, 1.54) is 16.7 Å². The van der Waals surface area contributed by atoms with Crippen LogP contribution < -0.4 is 10.9 Å². The normalized spacial score (nSPS) is 10.9. The van der Waals surface area contributed by atoms with Crippen LogP contribution in [0.1, 0.15) is 27.0 Å². The van der Waals surface area contributed by atoms with Crippen LogP contribution in [0.25, 0.3) is 11.0 Å². The van der Waals surface area contributed by atoms with Gasteiger partial charge in [0.1, 0.15) is 17.0 Å². The van der Waals surface area contributed by atoms with Gasteiger partial charge in [-0.15, -0.1) is 0 Å². The molecule has 0 spiro atoms. The SMILES string of the molecule is Cc1ccc(NC(=O)c2cc3cccnc3n(Cc3ccccc3F)c2=O)cc1C. The topological polar surface area (TPSA) is 64.0 Å². The van der Waals surface area contributed by atoms with Crippen molar-refractivity contribution in [2.75, 3.05) is 5.32 Å². The van der Waals surface area contributed by atoms with Crippen LogP contribution in [0.2, 0.25) is 0 Å². The number of anilines is 1. The highest BCUT2D eigenvalue weighted by Gasteiger charge is 2.18. The van der Waals surface area contributed by atoms with Crippen molar-refractivity contribution in [1.29, 1.82) is 0 Å². The third-order valence-electron chi connectivity index (χ3n) is 5.14. The second kappa shape index (κ2) is 7.91. The lowest BCUT2D eigenvalue weighted by molar-refractivity contribution is 0.102. The maximum Gasteiger partial charge on any atom is 0.265 e. The van der Waals surface area contributed by atoms with Crippen LogP contribution in [0.15, 0.2) is 71.7 Å². The molecule has 2 aromatic heterocycles. The number of aromatic nitrogens is 2. The second-order valence-electron chi connectivity index (χ2n) is 7.21. The first kappa shape index (κ1) is 19.5. The number of benzene rings is 2. The molecule has 2 heterocycles. The van der Waals surface area contributed by atoms with Crippen molar-refractivity contribution in [3.8, 4) is 0 Å². The van der Waals surface area contributed by atoms with Crippen LogP contribution in [-0.4, -0.2) is 15.5 Å². The minimum absolute atomic E-state index is 0.0231. The highest BCUT2D eigenvalue weighted by Crippen LogP contribution is 2.17. The second-order valence-corrected chi connectivity index (χ2v) is 7.21. The molecular formula is C24H20FN3O2. The molecular weight excluding hydrogens is 381 g/mol. The van der Waals surface area contributed by atoms with Crippen LogP contribution in [0.3, 0.4) is 0 Å². The molecule has 0 atom stereocenters. The van der Waals surface area contributed by atoms with E-state index in [-0.39, 0.29) is 12.1 Å². The lowest BCUT2D eigenvalue weighted by Gasteiger charge is -2.13. The number of fused-ring (bicyclic) bond motifs is 1. The maximum atomic E-state index is 14.2. The fourth-order valence-corrected chi connectivity index (χ4v) is 3.33. The summed E-state index contributed by atoms with van der Waals surface area (Å²) in [5.74, 6) is -0.935. The summed E-state index contributed by atoms with van der Waals surface area (Å²) in [6.45, 7) is 3.91. The van der Waals surface area contributed by atoms with Gasteiger partial charge in [-0.3, -0.25) is 14.2 Å². The number of carbonyl (C=O) groups is 1. The van der Waals surface area contributed by atoms with E-state index in [2.05, 4.69) is 10.3 Å². The van der Waals surface area contributed by atoms with E-state index in [4.69, 9.17) is 0 Å². The maximum absolute atomic E-state index is 14.2. The standard InChI is InChI=1S/C24H20FN3O2/c1-15-9-10-19(12-16(15)2)27-23(29)20-13-17-7-5-11-26-22(17)28(24(20)30)14-18-6-3-4-8-21(18)25/h3-13H,14H2,1-2H3,(H,27,29). The van der Waals surface area contributed by atoms with Gasteiger partial charge in [0.25, 0.3) is 11.5 Å². The molecule has 0 saturated heterocycles. The fraction of sp³-hybridized carbons (Fsp3) is 0.125. The summed E-state index contributed by atoms with van der Waals surface area (Å²) in [6, 6.07) is 16.8. The molecule has 6 heteroatoms. The molecule has 5 nitrogen and oxygen atoms in total. The zero-order chi connectivity index (χ0) is 21.3. The summed E-state index contributed by atoms with van der Waals surface area (Å²) in [5, 5.41) is 3.41. The number of hydrogen-bond donors (Lipinski definition) is 1. The van der Waals surface area contributed by atoms with Crippen LogP contribution in [0.4, 0.5) is 10.1 Å². The average Bonchev–Trinajstić information content (AvgIpc) is 2.74. The number of nitrogens with one attached hydrogen (secondary N) is 1. The minimum atomic E-state index is -0.522. The molecule has 1 amide bonds. The summed E-state index contributed by atoms with van der Waals surface area (Å²) in [6.07, 6.45) is 1.56. The number of aryl methyl sites for hydroxylation is 2. The Hall–Kier alpha value is -3.80. The summed E-state index contributed by atoms with van der Waals surface area (Å²) in [4.78, 5) is 30.4. The van der Waals surface area contributed by atoms with Crippen molar-refractivity contribution in [2.45, 2.75) is 20.4 Å². The molecule has 0 radical (unpaired) electrons. The molecule has 0 aliphatic carbocycles. The van der Waals surface area contributed by atoms with Crippen molar-refractivity contribution < 1.29 is 9.18 Å². The number of hydrogen-bond acceptors (Lipinski definition) is 3. The summed E-state index contributed by atoms with van der Waals surface area (Å²) in [7, 11) is 0. The van der Waals surface area contributed by atoms with Gasteiger partial charge in [-0.05, 0) is 61.4 Å². The highest BCUT2D eigenvalue weighted by molar-refractivity contribution is 6.05. The van der Waals surface area contributed by atoms with Gasteiger partial charge in [-0.2, -0.15) is 0 Å². The summed E-state index contributed by atoms with van der Waals surface area (Å²) < 4.78 is 15.5. The molecule has 1 N–H and O–H groups in total. The Bertz CT molecular complexity index is 1330. The molecule has 0 aliphatic rings. The van der Waals surface area contributed by atoms with E-state index in [0.717, 1.165) is 11.1 Å². The van der Waals surface area contributed by atoms with E-state index in [1.807, 2.05) is 26.0 Å². The Morgan fingerprint density at radius 3 is 2.60 bits per heavy atom. The first-order valence-corrected chi connectivity index (χ1v) is 9.54. The zero-order valence-corrected chi connectivity index (χ0v) is 16.6. The lowest BCUT2D eigenvalue weighted by atomic mass is 10.1. The number of halogens is 1. The van der Waals surface area contributed by atoms with Gasteiger partial charge in [0.15, 0.2) is 0 Å². The first-order valence-electron chi connectivity index (χ1n) is 9.54. The molecule has 0 fully saturated rings. The number of amides is 1. The van der Waals surface area contributed by atoms with Crippen molar-refractivity contribution in [1.82, 2.24) is 9.55 Å². The van der Waals surface area contributed by atoms with Crippen LogP contribution >= 0.6 is 0 Å². The fourth-order valence-electron chi connectivity index (χ4n) is 3.33. The highest BCUT2D eigenvalue weighted by atomic mass is 19.1. The molecule has 2 aromatic carbocycles. The first-order chi connectivity index (χ1) is 14.4. The lowest BCUT2D eigenvalue weighted by Crippen LogP contribution is -2.30. The van der Waals surface area contributed by atoms with Crippen LogP contribution in [-0.2, 0) is 6.54 Å². The summed E-state index contributed by atoms with van der Waals surface area (Å²) in [5.41, 5.74) is 2.95. The quantitative estimate of drug-likeness (QED) is 0.549. The smallest absolute Gasteiger partial charge is 0.265 e. The molecule has 0 unspecified atom stereocenters. The van der Waals surface area contributed by atoms with Crippen molar-refractivity contribution >= 4 is 22.6 Å². The van der Waals surface area contributed by atoms with Gasteiger partial charge in [0.2, 0.25) is 0 Å². The van der Waals surface area contributed by atoms with E-state index in [1.54, 1.807) is 42.6 Å². The van der Waals surface area contributed by atoms with Crippen LogP contribution in [0, 0.1) is 19.7 Å².